The van der Waals surface area contributed by atoms with Crippen LogP contribution in [0.15, 0.2) is 30.6 Å². The molecule has 5 rings (SSSR count). The first-order chi connectivity index (χ1) is 14.1. The second-order valence-corrected chi connectivity index (χ2v) is 7.82. The Morgan fingerprint density at radius 3 is 2.83 bits per heavy atom. The summed E-state index contributed by atoms with van der Waals surface area (Å²) in [5, 5.41) is 8.82. The van der Waals surface area contributed by atoms with E-state index in [9.17, 15) is 0 Å². The maximum Gasteiger partial charge on any atom is 0.231 e. The van der Waals surface area contributed by atoms with Gasteiger partial charge in [-0.1, -0.05) is 6.07 Å². The van der Waals surface area contributed by atoms with E-state index in [4.69, 9.17) is 14.2 Å². The van der Waals surface area contributed by atoms with Crippen molar-refractivity contribution < 1.29 is 19.1 Å². The minimum Gasteiger partial charge on any atom is -0.492 e. The predicted octanol–water partition coefficient (Wildman–Crippen LogP) is 1.78. The van der Waals surface area contributed by atoms with Crippen LogP contribution in [0, 0.1) is 13.8 Å². The number of methoxy groups -OCH3 is 1. The van der Waals surface area contributed by atoms with Crippen molar-refractivity contribution in [1.82, 2.24) is 14.8 Å². The number of aryl methyl sites for hydroxylation is 2. The molecular formula is C22H25N4O3+. The van der Waals surface area contributed by atoms with E-state index in [1.807, 2.05) is 0 Å². The summed E-state index contributed by atoms with van der Waals surface area (Å²) in [4.78, 5) is 1.34. The zero-order valence-corrected chi connectivity index (χ0v) is 17.2. The maximum absolute atomic E-state index is 5.84. The molecule has 29 heavy (non-hydrogen) atoms. The lowest BCUT2D eigenvalue weighted by atomic mass is 9.90. The van der Waals surface area contributed by atoms with Crippen molar-refractivity contribution in [3.8, 4) is 22.9 Å². The third-order valence-corrected chi connectivity index (χ3v) is 6.12. The number of aromatic nitrogens is 3. The largest absolute Gasteiger partial charge is 0.492 e. The van der Waals surface area contributed by atoms with E-state index in [0.717, 1.165) is 41.5 Å². The Kier molecular flexibility index (Phi) is 4.20. The van der Waals surface area contributed by atoms with Gasteiger partial charge in [0, 0.05) is 12.1 Å². The molecule has 0 saturated carbocycles. The topological polar surface area (TPSA) is 62.8 Å². The average molecular weight is 393 g/mol. The summed E-state index contributed by atoms with van der Waals surface area (Å²) >= 11 is 0. The van der Waals surface area contributed by atoms with Gasteiger partial charge in [-0.25, -0.2) is 0 Å². The highest BCUT2D eigenvalue weighted by Gasteiger charge is 2.40. The average Bonchev–Trinajstić information content (AvgIpc) is 3.38. The summed E-state index contributed by atoms with van der Waals surface area (Å²) < 4.78 is 19.3. The Hall–Kier alpha value is -3.06. The van der Waals surface area contributed by atoms with Gasteiger partial charge in [0.15, 0.2) is 17.5 Å². The fourth-order valence-electron chi connectivity index (χ4n) is 4.39. The highest BCUT2D eigenvalue weighted by Crippen LogP contribution is 2.48. The van der Waals surface area contributed by atoms with Crippen molar-refractivity contribution >= 4 is 0 Å². The summed E-state index contributed by atoms with van der Waals surface area (Å²) in [6.07, 6.45) is 2.74. The first-order valence-corrected chi connectivity index (χ1v) is 9.87. The van der Waals surface area contributed by atoms with Crippen LogP contribution in [0.4, 0.5) is 0 Å². The Balaban J connectivity index is 1.69. The predicted molar refractivity (Wildman–Crippen MR) is 107 cm³/mol. The van der Waals surface area contributed by atoms with Crippen molar-refractivity contribution in [2.24, 2.45) is 0 Å². The number of quaternary nitrogens is 1. The number of likely N-dealkylation sites (N-methyl/N-ethyl adjacent to an activating group) is 1. The zero-order valence-electron chi connectivity index (χ0n) is 17.2. The van der Waals surface area contributed by atoms with Crippen LogP contribution < -0.4 is 19.1 Å². The van der Waals surface area contributed by atoms with Gasteiger partial charge in [0.25, 0.3) is 0 Å². The standard InChI is InChI=1S/C22H24N4O3/c1-13-5-6-16(9-14(13)2)26-11-23-24-22(26)19-18-15(7-8-25(19)3)10-17-20(21(18)27-4)29-12-28-17/h5-6,9-11,19H,7-8,12H2,1-4H3/p+1/t19-/m1/s1. The number of benzene rings is 2. The summed E-state index contributed by atoms with van der Waals surface area (Å²) in [5.74, 6) is 3.08. The van der Waals surface area contributed by atoms with Gasteiger partial charge in [0.2, 0.25) is 18.4 Å². The molecule has 0 saturated heterocycles. The van der Waals surface area contributed by atoms with Gasteiger partial charge in [-0.2, -0.15) is 0 Å². The molecule has 1 aromatic heterocycles. The summed E-state index contributed by atoms with van der Waals surface area (Å²) in [5.41, 5.74) is 5.90. The first-order valence-electron chi connectivity index (χ1n) is 9.87. The van der Waals surface area contributed by atoms with Crippen LogP contribution in [-0.4, -0.2) is 42.3 Å². The van der Waals surface area contributed by atoms with Crippen LogP contribution in [-0.2, 0) is 6.42 Å². The third-order valence-electron chi connectivity index (χ3n) is 6.12. The minimum atomic E-state index is -0.0210. The second kappa shape index (κ2) is 6.77. The molecule has 2 atom stereocenters. The van der Waals surface area contributed by atoms with Crippen LogP contribution in [0.5, 0.6) is 17.2 Å². The lowest BCUT2D eigenvalue weighted by Crippen LogP contribution is -3.10. The van der Waals surface area contributed by atoms with Crippen LogP contribution >= 0.6 is 0 Å². The molecule has 2 aliphatic rings. The van der Waals surface area contributed by atoms with E-state index in [1.165, 1.54) is 21.6 Å². The quantitative estimate of drug-likeness (QED) is 0.735. The second-order valence-electron chi connectivity index (χ2n) is 7.82. The Bertz CT molecular complexity index is 1090. The Labute approximate surface area is 169 Å². The summed E-state index contributed by atoms with van der Waals surface area (Å²) in [6.45, 7) is 5.45. The van der Waals surface area contributed by atoms with Crippen molar-refractivity contribution in [2.45, 2.75) is 26.3 Å². The molecule has 2 aliphatic heterocycles. The summed E-state index contributed by atoms with van der Waals surface area (Å²) in [6, 6.07) is 8.50. The molecule has 0 spiro atoms. The van der Waals surface area contributed by atoms with Crippen LogP contribution in [0.1, 0.15) is 34.1 Å². The highest BCUT2D eigenvalue weighted by atomic mass is 16.7. The van der Waals surface area contributed by atoms with Crippen molar-refractivity contribution in [3.63, 3.8) is 0 Å². The number of fused-ring (bicyclic) bond motifs is 2. The molecule has 0 bridgehead atoms. The zero-order chi connectivity index (χ0) is 20.1. The van der Waals surface area contributed by atoms with Crippen LogP contribution in [0.2, 0.25) is 0 Å². The van der Waals surface area contributed by atoms with E-state index in [2.05, 4.69) is 59.9 Å². The SMILES string of the molecule is COc1c2c(cc3c1[C@H](c1nncn1-c1ccc(C)c(C)c1)[NH+](C)CC3)OCO2. The van der Waals surface area contributed by atoms with Crippen molar-refractivity contribution in [3.05, 3.63) is 58.7 Å². The Morgan fingerprint density at radius 1 is 1.17 bits per heavy atom. The van der Waals surface area contributed by atoms with E-state index < -0.39 is 0 Å². The minimum absolute atomic E-state index is 0.0210. The molecule has 0 aliphatic carbocycles. The monoisotopic (exact) mass is 393 g/mol. The van der Waals surface area contributed by atoms with E-state index in [-0.39, 0.29) is 12.8 Å². The van der Waals surface area contributed by atoms with E-state index >= 15 is 0 Å². The number of ether oxygens (including phenoxy) is 3. The normalized spacial score (nSPS) is 19.9. The Morgan fingerprint density at radius 2 is 2.03 bits per heavy atom. The smallest absolute Gasteiger partial charge is 0.231 e. The molecule has 1 N–H and O–H groups in total. The maximum atomic E-state index is 5.84. The number of hydrogen-bond donors (Lipinski definition) is 1. The van der Waals surface area contributed by atoms with E-state index in [1.54, 1.807) is 13.4 Å². The molecule has 150 valence electrons. The van der Waals surface area contributed by atoms with Crippen molar-refractivity contribution in [1.29, 1.82) is 0 Å². The molecule has 2 aromatic carbocycles. The fourth-order valence-corrected chi connectivity index (χ4v) is 4.39. The van der Waals surface area contributed by atoms with E-state index in [0.29, 0.717) is 5.75 Å². The molecule has 7 heteroatoms. The lowest BCUT2D eigenvalue weighted by molar-refractivity contribution is -0.909. The van der Waals surface area contributed by atoms with Gasteiger partial charge in [-0.15, -0.1) is 10.2 Å². The highest BCUT2D eigenvalue weighted by molar-refractivity contribution is 5.62. The van der Waals surface area contributed by atoms with Gasteiger partial charge in [0.05, 0.1) is 26.3 Å². The third kappa shape index (κ3) is 2.76. The van der Waals surface area contributed by atoms with Gasteiger partial charge in [-0.05, 0) is 48.7 Å². The summed E-state index contributed by atoms with van der Waals surface area (Å²) in [7, 11) is 3.88. The molecule has 0 radical (unpaired) electrons. The molecule has 3 heterocycles. The molecule has 0 fully saturated rings. The van der Waals surface area contributed by atoms with Gasteiger partial charge in [-0.3, -0.25) is 4.57 Å². The van der Waals surface area contributed by atoms with Gasteiger partial charge < -0.3 is 19.1 Å². The van der Waals surface area contributed by atoms with Crippen LogP contribution in [0.3, 0.4) is 0 Å². The molecule has 7 nitrogen and oxygen atoms in total. The number of nitrogens with zero attached hydrogens (tertiary/aromatic N) is 3. The van der Waals surface area contributed by atoms with Crippen LogP contribution in [0.25, 0.3) is 5.69 Å². The van der Waals surface area contributed by atoms with Gasteiger partial charge in [0.1, 0.15) is 6.33 Å². The molecular weight excluding hydrogens is 368 g/mol. The number of rotatable bonds is 3. The first kappa shape index (κ1) is 18.0. The molecule has 3 aromatic rings. The molecule has 0 amide bonds. The van der Waals surface area contributed by atoms with Crippen molar-refractivity contribution in [2.75, 3.05) is 27.5 Å². The molecule has 1 unspecified atom stereocenters. The number of hydrogen-bond acceptors (Lipinski definition) is 5. The number of nitrogens with one attached hydrogen (secondary N) is 1. The fraction of sp³-hybridized carbons (Fsp3) is 0.364. The van der Waals surface area contributed by atoms with Gasteiger partial charge >= 0.3 is 0 Å². The lowest BCUT2D eigenvalue weighted by Gasteiger charge is -2.32.